The summed E-state index contributed by atoms with van der Waals surface area (Å²) in [6, 6.07) is 73.6. The molecule has 2 nitrogen and oxygen atoms in total. The lowest BCUT2D eigenvalue weighted by Crippen LogP contribution is -2.15. The maximum Gasteiger partial charge on any atom is 0.136 e. The van der Waals surface area contributed by atoms with Crippen molar-refractivity contribution in [2.24, 2.45) is 0 Å². The Hall–Kier alpha value is -7.42. The molecule has 0 bridgehead atoms. The monoisotopic (exact) mass is 795 g/mol. The number of nitrogens with zero attached hydrogens (tertiary/aromatic N) is 1. The Balaban J connectivity index is 1.01. The van der Waals surface area contributed by atoms with E-state index in [2.05, 4.69) is 221 Å². The van der Waals surface area contributed by atoms with E-state index in [1.807, 2.05) is 12.1 Å². The van der Waals surface area contributed by atoms with Gasteiger partial charge in [-0.25, -0.2) is 0 Å². The van der Waals surface area contributed by atoms with Gasteiger partial charge in [-0.3, -0.25) is 0 Å². The molecule has 2 aliphatic rings. The van der Waals surface area contributed by atoms with Crippen molar-refractivity contribution in [3.63, 3.8) is 0 Å². The first-order chi connectivity index (χ1) is 30.3. The zero-order valence-corrected chi connectivity index (χ0v) is 35.4. The summed E-state index contributed by atoms with van der Waals surface area (Å²) in [5, 5.41) is 2.27. The molecule has 0 radical (unpaired) electrons. The standard InChI is InChI=1S/C60H45NO/c1-59(2)52-23-10-6-20-50(52)58-49(21-14-24-53(58)59)46-18-7-11-25-55(46)61(43-16-13-15-39(35-43)41-30-34-48-47-19-8-12-26-56(47)62-57(48)37-41)42-31-27-38(28-32-42)40-29-33-45-44-17-5-9-22-51(44)60(3,4)54(45)36-40/h5-37H,1-4H3. The van der Waals surface area contributed by atoms with Crippen LogP contribution in [0, 0.1) is 0 Å². The van der Waals surface area contributed by atoms with Crippen LogP contribution in [0.3, 0.4) is 0 Å². The highest BCUT2D eigenvalue weighted by Gasteiger charge is 2.37. The fourth-order valence-electron chi connectivity index (χ4n) is 10.7. The van der Waals surface area contributed by atoms with Crippen molar-refractivity contribution in [3.05, 3.63) is 222 Å². The average Bonchev–Trinajstić information content (AvgIpc) is 3.89. The van der Waals surface area contributed by atoms with Crippen LogP contribution in [0.2, 0.25) is 0 Å². The predicted molar refractivity (Wildman–Crippen MR) is 260 cm³/mol. The number of fused-ring (bicyclic) bond motifs is 9. The molecule has 12 rings (SSSR count). The number of anilines is 3. The molecule has 2 heteroatoms. The third-order valence-electron chi connectivity index (χ3n) is 13.9. The third-order valence-corrected chi connectivity index (χ3v) is 13.9. The molecule has 0 amide bonds. The van der Waals surface area contributed by atoms with Crippen molar-refractivity contribution in [2.75, 3.05) is 4.90 Å². The van der Waals surface area contributed by atoms with E-state index in [4.69, 9.17) is 4.42 Å². The van der Waals surface area contributed by atoms with Crippen LogP contribution >= 0.6 is 0 Å². The summed E-state index contributed by atoms with van der Waals surface area (Å²) in [4.78, 5) is 2.44. The van der Waals surface area contributed by atoms with Gasteiger partial charge >= 0.3 is 0 Å². The van der Waals surface area contributed by atoms with Gasteiger partial charge in [-0.1, -0.05) is 173 Å². The maximum atomic E-state index is 6.36. The second-order valence-electron chi connectivity index (χ2n) is 18.1. The van der Waals surface area contributed by atoms with Crippen LogP contribution in [0.1, 0.15) is 49.9 Å². The van der Waals surface area contributed by atoms with Gasteiger partial charge in [-0.05, 0) is 127 Å². The van der Waals surface area contributed by atoms with Gasteiger partial charge in [0.25, 0.3) is 0 Å². The number of hydrogen-bond donors (Lipinski definition) is 0. The van der Waals surface area contributed by atoms with Crippen LogP contribution in [0.25, 0.3) is 77.6 Å². The number of furan rings is 1. The molecular weight excluding hydrogens is 751 g/mol. The summed E-state index contributed by atoms with van der Waals surface area (Å²) in [7, 11) is 0. The van der Waals surface area contributed by atoms with E-state index in [-0.39, 0.29) is 10.8 Å². The molecule has 0 N–H and O–H groups in total. The molecule has 0 fully saturated rings. The van der Waals surface area contributed by atoms with E-state index in [9.17, 15) is 0 Å². The quantitative estimate of drug-likeness (QED) is 0.167. The predicted octanol–water partition coefficient (Wildman–Crippen LogP) is 16.7. The van der Waals surface area contributed by atoms with E-state index in [1.165, 1.54) is 66.8 Å². The average molecular weight is 796 g/mol. The SMILES string of the molecule is CC1(C)c2ccccc2-c2ccc(-c3ccc(N(c4cccc(-c5ccc6c(c5)oc5ccccc56)c4)c4ccccc4-c4cccc5c4-c4ccccc4C5(C)C)cc3)cc21. The number of rotatable bonds is 6. The fourth-order valence-corrected chi connectivity index (χ4v) is 10.7. The fraction of sp³-hybridized carbons (Fsp3) is 0.100. The van der Waals surface area contributed by atoms with Gasteiger partial charge in [-0.15, -0.1) is 0 Å². The van der Waals surface area contributed by atoms with Crippen LogP contribution in [0.15, 0.2) is 205 Å². The van der Waals surface area contributed by atoms with E-state index in [0.717, 1.165) is 50.1 Å². The second-order valence-corrected chi connectivity index (χ2v) is 18.1. The molecule has 10 aromatic rings. The van der Waals surface area contributed by atoms with E-state index >= 15 is 0 Å². The zero-order chi connectivity index (χ0) is 41.7. The lowest BCUT2D eigenvalue weighted by Gasteiger charge is -2.29. The van der Waals surface area contributed by atoms with Crippen molar-refractivity contribution in [2.45, 2.75) is 38.5 Å². The molecule has 0 spiro atoms. The molecule has 1 heterocycles. The van der Waals surface area contributed by atoms with Gasteiger partial charge in [0.2, 0.25) is 0 Å². The van der Waals surface area contributed by atoms with Crippen molar-refractivity contribution in [3.8, 4) is 55.6 Å². The van der Waals surface area contributed by atoms with Crippen molar-refractivity contribution < 1.29 is 4.42 Å². The van der Waals surface area contributed by atoms with E-state index in [1.54, 1.807) is 0 Å². The Kier molecular flexibility index (Phi) is 7.96. The van der Waals surface area contributed by atoms with Gasteiger partial charge in [0, 0.05) is 38.5 Å². The molecule has 296 valence electrons. The Morgan fingerprint density at radius 3 is 1.74 bits per heavy atom. The van der Waals surface area contributed by atoms with Crippen LogP contribution in [0.5, 0.6) is 0 Å². The molecule has 62 heavy (non-hydrogen) atoms. The maximum absolute atomic E-state index is 6.36. The molecule has 0 atom stereocenters. The Bertz CT molecular complexity index is 3420. The lowest BCUT2D eigenvalue weighted by molar-refractivity contribution is 0.660. The molecule has 2 aliphatic carbocycles. The van der Waals surface area contributed by atoms with Crippen LogP contribution in [0.4, 0.5) is 17.1 Å². The van der Waals surface area contributed by atoms with Gasteiger partial charge in [-0.2, -0.15) is 0 Å². The minimum absolute atomic E-state index is 0.0598. The number of para-hydroxylation sites is 2. The summed E-state index contributed by atoms with van der Waals surface area (Å²) < 4.78 is 6.36. The van der Waals surface area contributed by atoms with E-state index < -0.39 is 0 Å². The lowest BCUT2D eigenvalue weighted by atomic mass is 9.81. The van der Waals surface area contributed by atoms with Crippen LogP contribution in [-0.4, -0.2) is 0 Å². The molecule has 0 unspecified atom stereocenters. The summed E-state index contributed by atoms with van der Waals surface area (Å²) in [6.07, 6.45) is 0. The number of hydrogen-bond acceptors (Lipinski definition) is 2. The largest absolute Gasteiger partial charge is 0.456 e. The Morgan fingerprint density at radius 1 is 0.339 bits per heavy atom. The Morgan fingerprint density at radius 2 is 0.903 bits per heavy atom. The highest BCUT2D eigenvalue weighted by molar-refractivity contribution is 6.06. The third kappa shape index (κ3) is 5.43. The molecule has 0 saturated heterocycles. The van der Waals surface area contributed by atoms with Gasteiger partial charge in [0.05, 0.1) is 5.69 Å². The van der Waals surface area contributed by atoms with Crippen LogP contribution in [-0.2, 0) is 10.8 Å². The van der Waals surface area contributed by atoms with Crippen molar-refractivity contribution >= 4 is 39.0 Å². The van der Waals surface area contributed by atoms with Crippen LogP contribution < -0.4 is 4.90 Å². The topological polar surface area (TPSA) is 16.4 Å². The Labute approximate surface area is 363 Å². The first kappa shape index (κ1) is 36.4. The minimum Gasteiger partial charge on any atom is -0.456 e. The molecule has 0 saturated carbocycles. The second kappa shape index (κ2) is 13.5. The molecule has 0 aliphatic heterocycles. The van der Waals surface area contributed by atoms with E-state index in [0.29, 0.717) is 0 Å². The highest BCUT2D eigenvalue weighted by atomic mass is 16.3. The summed E-state index contributed by atoms with van der Waals surface area (Å²) >= 11 is 0. The highest BCUT2D eigenvalue weighted by Crippen LogP contribution is 2.54. The molecular formula is C60H45NO. The number of benzene rings is 9. The minimum atomic E-state index is -0.1000. The summed E-state index contributed by atoms with van der Waals surface area (Å²) in [6.45, 7) is 9.42. The normalized spacial score (nSPS) is 14.1. The first-order valence-electron chi connectivity index (χ1n) is 21.8. The van der Waals surface area contributed by atoms with Gasteiger partial charge in [0.1, 0.15) is 11.2 Å². The molecule has 1 aromatic heterocycles. The summed E-state index contributed by atoms with van der Waals surface area (Å²) in [5.41, 5.74) is 22.9. The summed E-state index contributed by atoms with van der Waals surface area (Å²) in [5.74, 6) is 0. The van der Waals surface area contributed by atoms with Gasteiger partial charge < -0.3 is 9.32 Å². The smallest absolute Gasteiger partial charge is 0.136 e. The molecule has 9 aromatic carbocycles. The first-order valence-corrected chi connectivity index (χ1v) is 21.8. The zero-order valence-electron chi connectivity index (χ0n) is 35.4. The van der Waals surface area contributed by atoms with Gasteiger partial charge in [0.15, 0.2) is 0 Å². The van der Waals surface area contributed by atoms with Crippen molar-refractivity contribution in [1.29, 1.82) is 0 Å². The van der Waals surface area contributed by atoms with Crippen molar-refractivity contribution in [1.82, 2.24) is 0 Å².